The van der Waals surface area contributed by atoms with E-state index in [0.29, 0.717) is 13.0 Å². The molecule has 0 aliphatic heterocycles. The monoisotopic (exact) mass is 310 g/mol. The quantitative estimate of drug-likeness (QED) is 0.775. The molecule has 0 bridgehead atoms. The molecule has 2 aromatic rings. The average Bonchev–Trinajstić information content (AvgIpc) is 2.77. The van der Waals surface area contributed by atoms with Crippen LogP contribution in [0.5, 0.6) is 5.75 Å². The fraction of sp³-hybridized carbons (Fsp3) is 0.154. The van der Waals surface area contributed by atoms with E-state index in [9.17, 15) is 4.79 Å². The maximum atomic E-state index is 11.8. The number of carbonyl (C=O) groups is 1. The fourth-order valence-electron chi connectivity index (χ4n) is 1.38. The molecule has 1 aromatic carbocycles. The third-order valence-electron chi connectivity index (χ3n) is 2.21. The van der Waals surface area contributed by atoms with Gasteiger partial charge in [0.05, 0.1) is 11.5 Å². The highest BCUT2D eigenvalue weighted by Gasteiger charge is 2.11. The molecule has 4 heteroatoms. The van der Waals surface area contributed by atoms with Crippen molar-refractivity contribution in [2.75, 3.05) is 6.61 Å². The van der Waals surface area contributed by atoms with Crippen LogP contribution in [0.15, 0.2) is 46.3 Å². The van der Waals surface area contributed by atoms with E-state index in [1.807, 2.05) is 41.8 Å². The summed E-state index contributed by atoms with van der Waals surface area (Å²) in [7, 11) is 0. The number of ketones is 1. The summed E-state index contributed by atoms with van der Waals surface area (Å²) >= 11 is 4.80. The average molecular weight is 311 g/mol. The molecule has 2 rings (SSSR count). The highest BCUT2D eigenvalue weighted by Crippen LogP contribution is 2.24. The Labute approximate surface area is 112 Å². The zero-order valence-corrected chi connectivity index (χ0v) is 11.5. The van der Waals surface area contributed by atoms with Crippen LogP contribution in [0.2, 0.25) is 0 Å². The SMILES string of the molecule is O=C(CCOc1ccccc1)c1sccc1Br. The molecule has 0 aliphatic carbocycles. The number of thiophene rings is 1. The van der Waals surface area contributed by atoms with Gasteiger partial charge in [0.1, 0.15) is 5.75 Å². The van der Waals surface area contributed by atoms with Crippen LogP contribution in [-0.4, -0.2) is 12.4 Å². The molecule has 0 N–H and O–H groups in total. The van der Waals surface area contributed by atoms with Crippen molar-refractivity contribution in [1.29, 1.82) is 0 Å². The maximum Gasteiger partial charge on any atom is 0.177 e. The van der Waals surface area contributed by atoms with E-state index in [1.54, 1.807) is 0 Å². The summed E-state index contributed by atoms with van der Waals surface area (Å²) in [5.74, 6) is 0.911. The minimum Gasteiger partial charge on any atom is -0.493 e. The number of carbonyl (C=O) groups excluding carboxylic acids is 1. The Bertz CT molecular complexity index is 493. The standard InChI is InChI=1S/C13H11BrO2S/c14-11-7-9-17-13(11)12(15)6-8-16-10-4-2-1-3-5-10/h1-5,7,9H,6,8H2. The largest absolute Gasteiger partial charge is 0.493 e. The van der Waals surface area contributed by atoms with Gasteiger partial charge in [-0.25, -0.2) is 0 Å². The second-order valence-corrected chi connectivity index (χ2v) is 5.20. The number of Topliss-reactive ketones (excluding diaryl/α,β-unsaturated/α-hetero) is 1. The molecule has 0 saturated carbocycles. The summed E-state index contributed by atoms with van der Waals surface area (Å²) in [6.07, 6.45) is 0.397. The Morgan fingerprint density at radius 3 is 2.65 bits per heavy atom. The number of ether oxygens (including phenoxy) is 1. The van der Waals surface area contributed by atoms with Gasteiger partial charge in [-0.3, -0.25) is 4.79 Å². The van der Waals surface area contributed by atoms with Crippen LogP contribution in [0.25, 0.3) is 0 Å². The summed E-state index contributed by atoms with van der Waals surface area (Å²) < 4.78 is 6.35. The highest BCUT2D eigenvalue weighted by atomic mass is 79.9. The van der Waals surface area contributed by atoms with Crippen molar-refractivity contribution >= 4 is 33.0 Å². The van der Waals surface area contributed by atoms with Gasteiger partial charge in [-0.1, -0.05) is 18.2 Å². The Hall–Kier alpha value is -1.13. The summed E-state index contributed by atoms with van der Waals surface area (Å²) in [5, 5.41) is 1.90. The molecule has 2 nitrogen and oxygen atoms in total. The van der Waals surface area contributed by atoms with Crippen LogP contribution in [0.1, 0.15) is 16.1 Å². The lowest BCUT2D eigenvalue weighted by Crippen LogP contribution is -2.05. The Kier molecular flexibility index (Phi) is 4.34. The van der Waals surface area contributed by atoms with Crippen LogP contribution in [0.3, 0.4) is 0 Å². The minimum atomic E-state index is 0.114. The zero-order valence-electron chi connectivity index (χ0n) is 9.06. The van der Waals surface area contributed by atoms with Crippen molar-refractivity contribution < 1.29 is 9.53 Å². The topological polar surface area (TPSA) is 26.3 Å². The van der Waals surface area contributed by atoms with Crippen LogP contribution in [-0.2, 0) is 0 Å². The van der Waals surface area contributed by atoms with Crippen molar-refractivity contribution in [2.45, 2.75) is 6.42 Å². The first kappa shape index (κ1) is 12.3. The van der Waals surface area contributed by atoms with Gasteiger partial charge in [0.2, 0.25) is 0 Å². The van der Waals surface area contributed by atoms with Crippen molar-refractivity contribution in [3.05, 3.63) is 51.1 Å². The molecule has 0 radical (unpaired) electrons. The van der Waals surface area contributed by atoms with E-state index >= 15 is 0 Å². The molecule has 0 unspecified atom stereocenters. The lowest BCUT2D eigenvalue weighted by atomic mass is 10.2. The van der Waals surface area contributed by atoms with Crippen molar-refractivity contribution in [3.8, 4) is 5.75 Å². The van der Waals surface area contributed by atoms with E-state index in [2.05, 4.69) is 15.9 Å². The molecule has 0 aliphatic rings. The van der Waals surface area contributed by atoms with E-state index in [4.69, 9.17) is 4.74 Å². The minimum absolute atomic E-state index is 0.114. The number of rotatable bonds is 5. The predicted molar refractivity (Wildman–Crippen MR) is 72.9 cm³/mol. The van der Waals surface area contributed by atoms with Gasteiger partial charge in [-0.05, 0) is 39.5 Å². The Morgan fingerprint density at radius 2 is 2.00 bits per heavy atom. The second kappa shape index (κ2) is 5.98. The third-order valence-corrected chi connectivity index (χ3v) is 4.09. The first-order valence-electron chi connectivity index (χ1n) is 5.21. The normalized spacial score (nSPS) is 10.2. The molecule has 88 valence electrons. The third kappa shape index (κ3) is 3.41. The van der Waals surface area contributed by atoms with Gasteiger partial charge in [-0.15, -0.1) is 11.3 Å². The summed E-state index contributed by atoms with van der Waals surface area (Å²) in [6.45, 7) is 0.410. The van der Waals surface area contributed by atoms with E-state index in [1.165, 1.54) is 11.3 Å². The Balaban J connectivity index is 1.84. The molecule has 0 saturated heterocycles. The molecule has 1 heterocycles. The number of benzene rings is 1. The highest BCUT2D eigenvalue weighted by molar-refractivity contribution is 9.10. The summed E-state index contributed by atoms with van der Waals surface area (Å²) in [5.41, 5.74) is 0. The van der Waals surface area contributed by atoms with Gasteiger partial charge < -0.3 is 4.74 Å². The van der Waals surface area contributed by atoms with Crippen LogP contribution in [0, 0.1) is 0 Å². The molecule has 0 amide bonds. The van der Waals surface area contributed by atoms with Gasteiger partial charge in [0.25, 0.3) is 0 Å². The van der Waals surface area contributed by atoms with Crippen LogP contribution in [0.4, 0.5) is 0 Å². The van der Waals surface area contributed by atoms with Gasteiger partial charge in [0, 0.05) is 10.9 Å². The second-order valence-electron chi connectivity index (χ2n) is 3.43. The van der Waals surface area contributed by atoms with Crippen LogP contribution >= 0.6 is 27.3 Å². The zero-order chi connectivity index (χ0) is 12.1. The number of para-hydroxylation sites is 1. The van der Waals surface area contributed by atoms with Crippen molar-refractivity contribution in [2.24, 2.45) is 0 Å². The number of halogens is 1. The molecule has 0 atom stereocenters. The molecular weight excluding hydrogens is 300 g/mol. The first-order chi connectivity index (χ1) is 8.27. The predicted octanol–water partition coefficient (Wildman–Crippen LogP) is 4.16. The van der Waals surface area contributed by atoms with Gasteiger partial charge in [-0.2, -0.15) is 0 Å². The Morgan fingerprint density at radius 1 is 1.24 bits per heavy atom. The van der Waals surface area contributed by atoms with Crippen molar-refractivity contribution in [3.63, 3.8) is 0 Å². The number of hydrogen-bond acceptors (Lipinski definition) is 3. The summed E-state index contributed by atoms with van der Waals surface area (Å²) in [6, 6.07) is 11.4. The van der Waals surface area contributed by atoms with Crippen molar-refractivity contribution in [1.82, 2.24) is 0 Å². The maximum absolute atomic E-state index is 11.8. The lowest BCUT2D eigenvalue weighted by Gasteiger charge is -2.04. The number of hydrogen-bond donors (Lipinski definition) is 0. The van der Waals surface area contributed by atoms with Crippen LogP contribution < -0.4 is 4.74 Å². The molecule has 0 spiro atoms. The molecule has 17 heavy (non-hydrogen) atoms. The molecule has 0 fully saturated rings. The van der Waals surface area contributed by atoms with Gasteiger partial charge >= 0.3 is 0 Å². The van der Waals surface area contributed by atoms with E-state index in [0.717, 1.165) is 15.1 Å². The molecule has 1 aromatic heterocycles. The van der Waals surface area contributed by atoms with E-state index < -0.39 is 0 Å². The lowest BCUT2D eigenvalue weighted by molar-refractivity contribution is 0.0965. The fourth-order valence-corrected chi connectivity index (χ4v) is 2.95. The first-order valence-corrected chi connectivity index (χ1v) is 6.88. The molecular formula is C13H11BrO2S. The smallest absolute Gasteiger partial charge is 0.177 e. The van der Waals surface area contributed by atoms with E-state index in [-0.39, 0.29) is 5.78 Å². The summed E-state index contributed by atoms with van der Waals surface area (Å²) in [4.78, 5) is 12.6. The van der Waals surface area contributed by atoms with Gasteiger partial charge in [0.15, 0.2) is 5.78 Å².